The van der Waals surface area contributed by atoms with E-state index in [1.54, 1.807) is 24.3 Å². The van der Waals surface area contributed by atoms with Gasteiger partial charge in [-0.1, -0.05) is 18.2 Å². The Labute approximate surface area is 164 Å². The summed E-state index contributed by atoms with van der Waals surface area (Å²) in [5, 5.41) is 2.58. The maximum Gasteiger partial charge on any atom is 0.328 e. The standard InChI is InChI=1S/C20H17N3O6/c24-17-10-11-23(20(27)22-17)12-19(26)28-13-18(25)21-14-6-8-16(9-7-14)29-15-4-2-1-3-5-15/h1-11H,12-13H2,(H,21,25)(H,22,24,27). The molecule has 9 heteroatoms. The highest BCUT2D eigenvalue weighted by Crippen LogP contribution is 2.22. The molecule has 0 aliphatic heterocycles. The zero-order valence-corrected chi connectivity index (χ0v) is 15.2. The predicted molar refractivity (Wildman–Crippen MR) is 104 cm³/mol. The van der Waals surface area contributed by atoms with Crippen molar-refractivity contribution in [3.05, 3.63) is 87.7 Å². The van der Waals surface area contributed by atoms with Crippen molar-refractivity contribution in [2.24, 2.45) is 0 Å². The monoisotopic (exact) mass is 395 g/mol. The van der Waals surface area contributed by atoms with Crippen molar-refractivity contribution in [1.82, 2.24) is 9.55 Å². The highest BCUT2D eigenvalue weighted by molar-refractivity contribution is 5.92. The van der Waals surface area contributed by atoms with Crippen LogP contribution in [-0.4, -0.2) is 28.0 Å². The second kappa shape index (κ2) is 9.18. The second-order valence-corrected chi connectivity index (χ2v) is 5.89. The van der Waals surface area contributed by atoms with Gasteiger partial charge in [0, 0.05) is 18.0 Å². The number of H-pyrrole nitrogens is 1. The maximum absolute atomic E-state index is 11.9. The third-order valence-corrected chi connectivity index (χ3v) is 3.68. The molecule has 0 aliphatic rings. The van der Waals surface area contributed by atoms with Gasteiger partial charge in [0.25, 0.3) is 11.5 Å². The largest absolute Gasteiger partial charge is 0.457 e. The van der Waals surface area contributed by atoms with Crippen molar-refractivity contribution in [1.29, 1.82) is 0 Å². The van der Waals surface area contributed by atoms with Gasteiger partial charge in [-0.25, -0.2) is 4.79 Å². The first-order chi connectivity index (χ1) is 14.0. The number of hydrogen-bond donors (Lipinski definition) is 2. The maximum atomic E-state index is 11.9. The number of ether oxygens (including phenoxy) is 2. The van der Waals surface area contributed by atoms with Crippen molar-refractivity contribution in [3.63, 3.8) is 0 Å². The lowest BCUT2D eigenvalue weighted by Crippen LogP contribution is -2.32. The van der Waals surface area contributed by atoms with E-state index >= 15 is 0 Å². The van der Waals surface area contributed by atoms with E-state index < -0.39 is 36.3 Å². The SMILES string of the molecule is O=C(COC(=O)Cn1ccc(=O)[nH]c1=O)Nc1ccc(Oc2ccccc2)cc1. The summed E-state index contributed by atoms with van der Waals surface area (Å²) in [5.74, 6) is -0.0328. The summed E-state index contributed by atoms with van der Waals surface area (Å²) < 4.78 is 11.5. The number of nitrogens with zero attached hydrogens (tertiary/aromatic N) is 1. The fraction of sp³-hybridized carbons (Fsp3) is 0.100. The first-order valence-corrected chi connectivity index (χ1v) is 8.58. The van der Waals surface area contributed by atoms with Crippen LogP contribution < -0.4 is 21.3 Å². The van der Waals surface area contributed by atoms with Crippen LogP contribution in [0.5, 0.6) is 11.5 Å². The molecule has 0 spiro atoms. The molecule has 0 saturated heterocycles. The summed E-state index contributed by atoms with van der Waals surface area (Å²) in [4.78, 5) is 48.2. The first kappa shape index (κ1) is 19.6. The quantitative estimate of drug-likeness (QED) is 0.585. The Morgan fingerprint density at radius 1 is 0.931 bits per heavy atom. The predicted octanol–water partition coefficient (Wildman–Crippen LogP) is 1.51. The molecule has 9 nitrogen and oxygen atoms in total. The van der Waals surface area contributed by atoms with Crippen LogP contribution in [0.1, 0.15) is 0 Å². The van der Waals surface area contributed by atoms with Gasteiger partial charge in [0.05, 0.1) is 0 Å². The fourth-order valence-electron chi connectivity index (χ4n) is 2.33. The molecule has 2 N–H and O–H groups in total. The second-order valence-electron chi connectivity index (χ2n) is 5.89. The molecule has 3 aromatic rings. The van der Waals surface area contributed by atoms with Crippen molar-refractivity contribution in [2.45, 2.75) is 6.54 Å². The number of carbonyl (C=O) groups is 2. The van der Waals surface area contributed by atoms with Gasteiger partial charge < -0.3 is 14.8 Å². The van der Waals surface area contributed by atoms with Crippen LogP contribution in [-0.2, 0) is 20.9 Å². The zero-order chi connectivity index (χ0) is 20.6. The molecule has 0 radical (unpaired) electrons. The number of rotatable bonds is 7. The number of amides is 1. The first-order valence-electron chi connectivity index (χ1n) is 8.58. The van der Waals surface area contributed by atoms with Gasteiger partial charge in [0.1, 0.15) is 18.0 Å². The lowest BCUT2D eigenvalue weighted by atomic mass is 10.3. The van der Waals surface area contributed by atoms with Crippen LogP contribution in [0.2, 0.25) is 0 Å². The molecular weight excluding hydrogens is 378 g/mol. The van der Waals surface area contributed by atoms with Gasteiger partial charge in [-0.05, 0) is 36.4 Å². The lowest BCUT2D eigenvalue weighted by Gasteiger charge is -2.09. The molecule has 0 unspecified atom stereocenters. The summed E-state index contributed by atoms with van der Waals surface area (Å²) in [7, 11) is 0. The number of benzene rings is 2. The van der Waals surface area contributed by atoms with Crippen molar-refractivity contribution < 1.29 is 19.1 Å². The van der Waals surface area contributed by atoms with E-state index in [0.29, 0.717) is 17.2 Å². The van der Waals surface area contributed by atoms with E-state index in [2.05, 4.69) is 5.32 Å². The molecule has 1 aromatic heterocycles. The summed E-state index contributed by atoms with van der Waals surface area (Å²) in [5.41, 5.74) is -0.806. The van der Waals surface area contributed by atoms with Crippen molar-refractivity contribution in [3.8, 4) is 11.5 Å². The Morgan fingerprint density at radius 3 is 2.31 bits per heavy atom. The van der Waals surface area contributed by atoms with Crippen LogP contribution in [0.25, 0.3) is 0 Å². The normalized spacial score (nSPS) is 10.2. The number of aromatic amines is 1. The van der Waals surface area contributed by atoms with Gasteiger partial charge in [-0.3, -0.25) is 23.9 Å². The average molecular weight is 395 g/mol. The Balaban J connectivity index is 1.47. The Hall–Kier alpha value is -4.14. The molecule has 29 heavy (non-hydrogen) atoms. The highest BCUT2D eigenvalue weighted by Gasteiger charge is 2.10. The van der Waals surface area contributed by atoms with Crippen LogP contribution in [0.15, 0.2) is 76.4 Å². The minimum absolute atomic E-state index is 0.422. The molecule has 148 valence electrons. The Kier molecular flexibility index (Phi) is 6.21. The smallest absolute Gasteiger partial charge is 0.328 e. The molecule has 0 bridgehead atoms. The molecular formula is C20H17N3O6. The van der Waals surface area contributed by atoms with E-state index in [9.17, 15) is 19.2 Å². The molecule has 1 heterocycles. The van der Waals surface area contributed by atoms with E-state index in [4.69, 9.17) is 9.47 Å². The minimum Gasteiger partial charge on any atom is -0.457 e. The molecule has 0 saturated carbocycles. The van der Waals surface area contributed by atoms with Gasteiger partial charge in [-0.2, -0.15) is 0 Å². The van der Waals surface area contributed by atoms with Crippen molar-refractivity contribution in [2.75, 3.05) is 11.9 Å². The molecule has 0 aliphatic carbocycles. The number of carbonyl (C=O) groups excluding carboxylic acids is 2. The number of anilines is 1. The van der Waals surface area contributed by atoms with Crippen LogP contribution in [0.3, 0.4) is 0 Å². The zero-order valence-electron chi connectivity index (χ0n) is 15.2. The lowest BCUT2D eigenvalue weighted by molar-refractivity contribution is -0.148. The number of hydrogen-bond acceptors (Lipinski definition) is 6. The van der Waals surface area contributed by atoms with Gasteiger partial charge >= 0.3 is 11.7 Å². The van der Waals surface area contributed by atoms with Gasteiger partial charge in [-0.15, -0.1) is 0 Å². The summed E-state index contributed by atoms with van der Waals surface area (Å²) in [6.45, 7) is -0.937. The highest BCUT2D eigenvalue weighted by atomic mass is 16.5. The number of para-hydroxylation sites is 1. The van der Waals surface area contributed by atoms with Gasteiger partial charge in [0.15, 0.2) is 6.61 Å². The van der Waals surface area contributed by atoms with Crippen molar-refractivity contribution >= 4 is 17.6 Å². The molecule has 1 amide bonds. The van der Waals surface area contributed by atoms with E-state index in [1.165, 1.54) is 6.20 Å². The average Bonchev–Trinajstić information content (AvgIpc) is 2.71. The summed E-state index contributed by atoms with van der Waals surface area (Å²) >= 11 is 0. The fourth-order valence-corrected chi connectivity index (χ4v) is 2.33. The molecule has 2 aromatic carbocycles. The Bertz CT molecular complexity index is 1100. The molecule has 0 fully saturated rings. The minimum atomic E-state index is -0.791. The van der Waals surface area contributed by atoms with Crippen LogP contribution in [0.4, 0.5) is 5.69 Å². The van der Waals surface area contributed by atoms with Gasteiger partial charge in [0.2, 0.25) is 0 Å². The third-order valence-electron chi connectivity index (χ3n) is 3.68. The summed E-state index contributed by atoms with van der Waals surface area (Å²) in [6, 6.07) is 17.0. The van der Waals surface area contributed by atoms with Crippen LogP contribution >= 0.6 is 0 Å². The van der Waals surface area contributed by atoms with E-state index in [0.717, 1.165) is 10.6 Å². The Morgan fingerprint density at radius 2 is 1.62 bits per heavy atom. The third kappa shape index (κ3) is 5.93. The van der Waals surface area contributed by atoms with E-state index in [-0.39, 0.29) is 0 Å². The van der Waals surface area contributed by atoms with E-state index in [1.807, 2.05) is 35.3 Å². The number of nitrogens with one attached hydrogen (secondary N) is 2. The van der Waals surface area contributed by atoms with Crippen LogP contribution in [0, 0.1) is 0 Å². The number of esters is 1. The molecule has 3 rings (SSSR count). The molecule has 0 atom stereocenters. The number of aromatic nitrogens is 2. The summed E-state index contributed by atoms with van der Waals surface area (Å²) in [6.07, 6.45) is 1.17. The topological polar surface area (TPSA) is 119 Å².